The second kappa shape index (κ2) is 5.55. The largest absolute Gasteiger partial charge is 0.320 e. The zero-order valence-corrected chi connectivity index (χ0v) is 8.40. The molecule has 0 spiro atoms. The van der Waals surface area contributed by atoms with Crippen molar-refractivity contribution in [2.75, 3.05) is 26.7 Å². The topological polar surface area (TPSA) is 24.1 Å². The van der Waals surface area contributed by atoms with E-state index in [1.54, 1.807) is 0 Å². The highest BCUT2D eigenvalue weighted by molar-refractivity contribution is 4.73. The number of piperidine rings is 1. The zero-order valence-electron chi connectivity index (χ0n) is 8.40. The van der Waals surface area contributed by atoms with E-state index in [2.05, 4.69) is 17.6 Å². The quantitative estimate of drug-likeness (QED) is 0.663. The maximum absolute atomic E-state index is 3.41. The van der Waals surface area contributed by atoms with Gasteiger partial charge in [-0.25, -0.2) is 0 Å². The molecule has 12 heavy (non-hydrogen) atoms. The Hall–Kier alpha value is -0.0800. The number of hydrogen-bond acceptors (Lipinski definition) is 2. The monoisotopic (exact) mass is 170 g/mol. The zero-order chi connectivity index (χ0) is 8.81. The molecule has 1 aliphatic rings. The van der Waals surface area contributed by atoms with Crippen molar-refractivity contribution < 1.29 is 0 Å². The fraction of sp³-hybridized carbons (Fsp3) is 1.00. The Kier molecular flexibility index (Phi) is 4.62. The summed E-state index contributed by atoms with van der Waals surface area (Å²) < 4.78 is 0. The van der Waals surface area contributed by atoms with Gasteiger partial charge >= 0.3 is 0 Å². The molecule has 1 fully saturated rings. The minimum Gasteiger partial charge on any atom is -0.320 e. The number of nitrogens with one attached hydrogen (secondary N) is 2. The molecule has 1 aliphatic heterocycles. The van der Waals surface area contributed by atoms with Crippen molar-refractivity contribution in [3.63, 3.8) is 0 Å². The molecule has 1 unspecified atom stereocenters. The minimum atomic E-state index is 0.902. The highest BCUT2D eigenvalue weighted by Gasteiger charge is 2.18. The van der Waals surface area contributed by atoms with E-state index in [0.717, 1.165) is 11.8 Å². The summed E-state index contributed by atoms with van der Waals surface area (Å²) in [5.74, 6) is 1.87. The second-order valence-electron chi connectivity index (χ2n) is 3.96. The van der Waals surface area contributed by atoms with E-state index < -0.39 is 0 Å². The normalized spacial score (nSPS) is 22.5. The number of hydrogen-bond donors (Lipinski definition) is 2. The number of rotatable bonds is 4. The van der Waals surface area contributed by atoms with Crippen LogP contribution >= 0.6 is 0 Å². The Labute approximate surface area is 76.1 Å². The van der Waals surface area contributed by atoms with Crippen LogP contribution in [0, 0.1) is 11.8 Å². The van der Waals surface area contributed by atoms with Crippen LogP contribution in [0.4, 0.5) is 0 Å². The predicted molar refractivity (Wildman–Crippen MR) is 53.3 cm³/mol. The fourth-order valence-corrected chi connectivity index (χ4v) is 2.02. The predicted octanol–water partition coefficient (Wildman–Crippen LogP) is 1.23. The highest BCUT2D eigenvalue weighted by Crippen LogP contribution is 2.23. The van der Waals surface area contributed by atoms with E-state index >= 15 is 0 Å². The Bertz CT molecular complexity index is 108. The van der Waals surface area contributed by atoms with Crippen molar-refractivity contribution in [1.29, 1.82) is 0 Å². The van der Waals surface area contributed by atoms with E-state index in [0.29, 0.717) is 0 Å². The van der Waals surface area contributed by atoms with Gasteiger partial charge in [0, 0.05) is 0 Å². The van der Waals surface area contributed by atoms with E-state index in [1.165, 1.54) is 38.9 Å². The van der Waals surface area contributed by atoms with Crippen molar-refractivity contribution in [3.8, 4) is 0 Å². The summed E-state index contributed by atoms with van der Waals surface area (Å²) in [5, 5.41) is 6.63. The lowest BCUT2D eigenvalue weighted by Gasteiger charge is -2.28. The maximum atomic E-state index is 3.41. The molecule has 72 valence electrons. The van der Waals surface area contributed by atoms with E-state index in [1.807, 2.05) is 7.05 Å². The first-order valence-electron chi connectivity index (χ1n) is 5.20. The Morgan fingerprint density at radius 2 is 2.08 bits per heavy atom. The van der Waals surface area contributed by atoms with Gasteiger partial charge in [0.05, 0.1) is 0 Å². The van der Waals surface area contributed by atoms with E-state index in [9.17, 15) is 0 Å². The van der Waals surface area contributed by atoms with Gasteiger partial charge in [0.25, 0.3) is 0 Å². The van der Waals surface area contributed by atoms with Crippen molar-refractivity contribution in [2.45, 2.75) is 26.2 Å². The first-order valence-corrected chi connectivity index (χ1v) is 5.20. The smallest absolute Gasteiger partial charge is 0.00462 e. The van der Waals surface area contributed by atoms with Gasteiger partial charge in [-0.2, -0.15) is 0 Å². The Morgan fingerprint density at radius 3 is 2.67 bits per heavy atom. The summed E-state index contributed by atoms with van der Waals surface area (Å²) in [6.07, 6.45) is 4.09. The molecule has 2 heteroatoms. The third-order valence-corrected chi connectivity index (χ3v) is 3.04. The lowest BCUT2D eigenvalue weighted by molar-refractivity contribution is 0.263. The summed E-state index contributed by atoms with van der Waals surface area (Å²) in [6.45, 7) is 6.03. The van der Waals surface area contributed by atoms with Gasteiger partial charge in [0.15, 0.2) is 0 Å². The molecule has 2 N–H and O–H groups in total. The van der Waals surface area contributed by atoms with Gasteiger partial charge in [0.2, 0.25) is 0 Å². The summed E-state index contributed by atoms with van der Waals surface area (Å²) in [5.41, 5.74) is 0. The van der Waals surface area contributed by atoms with Gasteiger partial charge in [0.1, 0.15) is 0 Å². The molecule has 0 aliphatic carbocycles. The molecule has 0 aromatic rings. The summed E-state index contributed by atoms with van der Waals surface area (Å²) in [6, 6.07) is 0. The Balaban J connectivity index is 2.15. The molecule has 0 bridgehead atoms. The third-order valence-electron chi connectivity index (χ3n) is 3.04. The molecule has 1 atom stereocenters. The van der Waals surface area contributed by atoms with Crippen LogP contribution in [0.25, 0.3) is 0 Å². The van der Waals surface area contributed by atoms with E-state index in [-0.39, 0.29) is 0 Å². The lowest BCUT2D eigenvalue weighted by atomic mass is 9.84. The van der Waals surface area contributed by atoms with Crippen LogP contribution in [0.15, 0.2) is 0 Å². The summed E-state index contributed by atoms with van der Waals surface area (Å²) in [4.78, 5) is 0. The van der Waals surface area contributed by atoms with Crippen LogP contribution in [0.5, 0.6) is 0 Å². The molecular formula is C10H22N2. The molecular weight excluding hydrogens is 148 g/mol. The van der Waals surface area contributed by atoms with Crippen LogP contribution in [-0.2, 0) is 0 Å². The molecule has 0 aromatic heterocycles. The van der Waals surface area contributed by atoms with Gasteiger partial charge in [-0.3, -0.25) is 0 Å². The maximum Gasteiger partial charge on any atom is -0.00462 e. The van der Waals surface area contributed by atoms with Crippen molar-refractivity contribution >= 4 is 0 Å². The molecule has 1 rings (SSSR count). The van der Waals surface area contributed by atoms with Crippen LogP contribution < -0.4 is 10.6 Å². The van der Waals surface area contributed by atoms with E-state index in [4.69, 9.17) is 0 Å². The molecule has 0 saturated carbocycles. The second-order valence-corrected chi connectivity index (χ2v) is 3.96. The molecule has 0 amide bonds. The van der Waals surface area contributed by atoms with Crippen LogP contribution in [0.2, 0.25) is 0 Å². The van der Waals surface area contributed by atoms with Crippen LogP contribution in [-0.4, -0.2) is 26.7 Å². The molecule has 1 saturated heterocycles. The van der Waals surface area contributed by atoms with Crippen molar-refractivity contribution in [1.82, 2.24) is 10.6 Å². The summed E-state index contributed by atoms with van der Waals surface area (Å²) >= 11 is 0. The highest BCUT2D eigenvalue weighted by atomic mass is 14.9. The average molecular weight is 170 g/mol. The SMILES string of the molecule is CNCCC(C)C1CCNCC1. The third kappa shape index (κ3) is 3.11. The average Bonchev–Trinajstić information content (AvgIpc) is 2.15. The lowest BCUT2D eigenvalue weighted by Crippen LogP contribution is -2.31. The first-order chi connectivity index (χ1) is 5.84. The van der Waals surface area contributed by atoms with Gasteiger partial charge in [-0.05, 0) is 57.8 Å². The fourth-order valence-electron chi connectivity index (χ4n) is 2.02. The molecule has 0 aromatic carbocycles. The molecule has 2 nitrogen and oxygen atoms in total. The minimum absolute atomic E-state index is 0.902. The van der Waals surface area contributed by atoms with Crippen molar-refractivity contribution in [2.24, 2.45) is 11.8 Å². The standard InChI is InChI=1S/C10H22N2/c1-9(3-6-11-2)10-4-7-12-8-5-10/h9-12H,3-8H2,1-2H3. The Morgan fingerprint density at radius 1 is 1.42 bits per heavy atom. The molecule has 1 heterocycles. The van der Waals surface area contributed by atoms with Gasteiger partial charge in [-0.1, -0.05) is 6.92 Å². The van der Waals surface area contributed by atoms with Crippen LogP contribution in [0.1, 0.15) is 26.2 Å². The van der Waals surface area contributed by atoms with Gasteiger partial charge in [-0.15, -0.1) is 0 Å². The van der Waals surface area contributed by atoms with Crippen LogP contribution in [0.3, 0.4) is 0 Å². The molecule has 0 radical (unpaired) electrons. The van der Waals surface area contributed by atoms with Crippen molar-refractivity contribution in [3.05, 3.63) is 0 Å². The summed E-state index contributed by atoms with van der Waals surface area (Å²) in [7, 11) is 2.04. The first kappa shape index (κ1) is 10.0. The van der Waals surface area contributed by atoms with Gasteiger partial charge < -0.3 is 10.6 Å².